The Hall–Kier alpha value is -3.13. The van der Waals surface area contributed by atoms with Gasteiger partial charge in [0.25, 0.3) is 0 Å². The third kappa shape index (κ3) is 4.68. The van der Waals surface area contributed by atoms with Crippen LogP contribution < -0.4 is 15.5 Å². The van der Waals surface area contributed by atoms with E-state index >= 15 is 0 Å². The van der Waals surface area contributed by atoms with Gasteiger partial charge in [0.05, 0.1) is 18.9 Å². The van der Waals surface area contributed by atoms with Crippen LogP contribution >= 0.6 is 12.2 Å². The number of aromatic carboxylic acids is 1. The zero-order valence-corrected chi connectivity index (χ0v) is 13.5. The fourth-order valence-corrected chi connectivity index (χ4v) is 2.00. The maximum absolute atomic E-state index is 10.9. The predicted molar refractivity (Wildman–Crippen MR) is 95.0 cm³/mol. The van der Waals surface area contributed by atoms with Crippen molar-refractivity contribution in [3.63, 3.8) is 0 Å². The minimum Gasteiger partial charge on any atom is -0.504 e. The Morgan fingerprint density at radius 3 is 2.79 bits per heavy atom. The van der Waals surface area contributed by atoms with Crippen LogP contribution in [0.5, 0.6) is 11.5 Å². The molecule has 2 aromatic rings. The van der Waals surface area contributed by atoms with Crippen LogP contribution in [0.4, 0.5) is 5.69 Å². The van der Waals surface area contributed by atoms with Gasteiger partial charge in [-0.05, 0) is 54.2 Å². The number of thiocarbonyl (C=S) groups is 1. The number of carbonyl (C=O) groups is 1. The smallest absolute Gasteiger partial charge is 0.335 e. The van der Waals surface area contributed by atoms with Crippen molar-refractivity contribution >= 4 is 35.2 Å². The number of phenolic OH excluding ortho intramolecular Hbond substituents is 1. The highest BCUT2D eigenvalue weighted by Gasteiger charge is 2.04. The molecular formula is C16H15N3O4S. The average Bonchev–Trinajstić information content (AvgIpc) is 2.56. The molecule has 24 heavy (non-hydrogen) atoms. The van der Waals surface area contributed by atoms with Gasteiger partial charge < -0.3 is 20.3 Å². The quantitative estimate of drug-likeness (QED) is 0.375. The van der Waals surface area contributed by atoms with E-state index in [-0.39, 0.29) is 16.4 Å². The number of carboxylic acids is 1. The zero-order valence-electron chi connectivity index (χ0n) is 12.7. The molecule has 0 radical (unpaired) electrons. The Morgan fingerprint density at radius 2 is 2.08 bits per heavy atom. The maximum Gasteiger partial charge on any atom is 0.335 e. The second-order valence-corrected chi connectivity index (χ2v) is 5.05. The maximum atomic E-state index is 10.9. The third-order valence-corrected chi connectivity index (χ3v) is 3.14. The molecule has 0 unspecified atom stereocenters. The summed E-state index contributed by atoms with van der Waals surface area (Å²) in [5, 5.41) is 25.5. The first-order valence-corrected chi connectivity index (χ1v) is 7.21. The minimum atomic E-state index is -1.02. The standard InChI is InChI=1S/C16H15N3O4S/c1-23-14-7-10(5-6-13(14)20)9-17-19-16(24)18-12-4-2-3-11(8-12)15(21)22/h2-9,20H,1H3,(H,21,22)(H2,18,19,24)/b17-9+. The second-order valence-electron chi connectivity index (χ2n) is 4.64. The Labute approximate surface area is 143 Å². The molecular weight excluding hydrogens is 330 g/mol. The van der Waals surface area contributed by atoms with Crippen molar-refractivity contribution < 1.29 is 19.7 Å². The Morgan fingerprint density at radius 1 is 1.29 bits per heavy atom. The van der Waals surface area contributed by atoms with E-state index in [1.54, 1.807) is 24.3 Å². The monoisotopic (exact) mass is 345 g/mol. The van der Waals surface area contributed by atoms with Gasteiger partial charge in [0.2, 0.25) is 0 Å². The predicted octanol–water partition coefficient (Wildman–Crippen LogP) is 2.42. The number of hydrazone groups is 1. The number of anilines is 1. The van der Waals surface area contributed by atoms with Gasteiger partial charge in [-0.25, -0.2) is 4.79 Å². The molecule has 0 aliphatic rings. The van der Waals surface area contributed by atoms with Crippen molar-refractivity contribution in [1.82, 2.24) is 5.43 Å². The number of ether oxygens (including phenoxy) is 1. The molecule has 0 aliphatic carbocycles. The van der Waals surface area contributed by atoms with E-state index in [1.165, 1.54) is 31.5 Å². The number of nitrogens with zero attached hydrogens (tertiary/aromatic N) is 1. The van der Waals surface area contributed by atoms with Crippen LogP contribution in [0.1, 0.15) is 15.9 Å². The molecule has 0 heterocycles. The molecule has 2 rings (SSSR count). The summed E-state index contributed by atoms with van der Waals surface area (Å²) in [6.45, 7) is 0. The minimum absolute atomic E-state index is 0.0399. The largest absolute Gasteiger partial charge is 0.504 e. The average molecular weight is 345 g/mol. The number of nitrogens with one attached hydrogen (secondary N) is 2. The summed E-state index contributed by atoms with van der Waals surface area (Å²) in [6, 6.07) is 11.0. The molecule has 0 amide bonds. The van der Waals surface area contributed by atoms with Crippen LogP contribution in [0.3, 0.4) is 0 Å². The van der Waals surface area contributed by atoms with Crippen LogP contribution in [-0.4, -0.2) is 34.6 Å². The Kier molecular flexibility index (Phi) is 5.69. The van der Waals surface area contributed by atoms with Crippen molar-refractivity contribution in [2.45, 2.75) is 0 Å². The van der Waals surface area contributed by atoms with E-state index in [4.69, 9.17) is 22.1 Å². The van der Waals surface area contributed by atoms with Crippen LogP contribution in [0.25, 0.3) is 0 Å². The van der Waals surface area contributed by atoms with Gasteiger partial charge >= 0.3 is 5.97 Å². The number of carboxylic acid groups (broad SMARTS) is 1. The van der Waals surface area contributed by atoms with Gasteiger partial charge in [-0.1, -0.05) is 6.07 Å². The van der Waals surface area contributed by atoms with E-state index in [0.29, 0.717) is 17.0 Å². The molecule has 7 nitrogen and oxygen atoms in total. The lowest BCUT2D eigenvalue weighted by molar-refractivity contribution is 0.0697. The number of hydrogen-bond acceptors (Lipinski definition) is 5. The lowest BCUT2D eigenvalue weighted by Gasteiger charge is -2.07. The fraction of sp³-hybridized carbons (Fsp3) is 0.0625. The number of hydrogen-bond donors (Lipinski definition) is 4. The summed E-state index contributed by atoms with van der Waals surface area (Å²) in [7, 11) is 1.46. The van der Waals surface area contributed by atoms with Crippen molar-refractivity contribution in [2.24, 2.45) is 5.10 Å². The SMILES string of the molecule is COc1cc(/C=N/NC(=S)Nc2cccc(C(=O)O)c2)ccc1O. The molecule has 0 aliphatic heterocycles. The lowest BCUT2D eigenvalue weighted by atomic mass is 10.2. The molecule has 0 fully saturated rings. The fourth-order valence-electron chi connectivity index (χ4n) is 1.83. The molecule has 0 spiro atoms. The highest BCUT2D eigenvalue weighted by molar-refractivity contribution is 7.80. The van der Waals surface area contributed by atoms with E-state index in [9.17, 15) is 9.90 Å². The zero-order chi connectivity index (χ0) is 17.5. The van der Waals surface area contributed by atoms with Crippen LogP contribution in [0.2, 0.25) is 0 Å². The van der Waals surface area contributed by atoms with Crippen molar-refractivity contribution in [3.05, 3.63) is 53.6 Å². The number of benzene rings is 2. The molecule has 4 N–H and O–H groups in total. The van der Waals surface area contributed by atoms with Crippen LogP contribution in [-0.2, 0) is 0 Å². The Balaban J connectivity index is 1.95. The van der Waals surface area contributed by atoms with Gasteiger partial charge in [-0.2, -0.15) is 5.10 Å². The van der Waals surface area contributed by atoms with Crippen molar-refractivity contribution in [2.75, 3.05) is 12.4 Å². The number of phenols is 1. The summed E-state index contributed by atoms with van der Waals surface area (Å²) < 4.78 is 5.00. The van der Waals surface area contributed by atoms with Crippen molar-refractivity contribution in [1.29, 1.82) is 0 Å². The molecule has 0 atom stereocenters. The normalized spacial score (nSPS) is 10.4. The molecule has 124 valence electrons. The third-order valence-electron chi connectivity index (χ3n) is 2.95. The topological polar surface area (TPSA) is 103 Å². The number of rotatable bonds is 5. The summed E-state index contributed by atoms with van der Waals surface area (Å²) in [5.74, 6) is -0.639. The van der Waals surface area contributed by atoms with Gasteiger partial charge in [-0.15, -0.1) is 0 Å². The van der Waals surface area contributed by atoms with Gasteiger partial charge in [-0.3, -0.25) is 5.43 Å². The number of aromatic hydroxyl groups is 1. The summed E-state index contributed by atoms with van der Waals surface area (Å²) in [4.78, 5) is 10.9. The first kappa shape index (κ1) is 17.2. The van der Waals surface area contributed by atoms with Crippen LogP contribution in [0, 0.1) is 0 Å². The van der Waals surface area contributed by atoms with Gasteiger partial charge in [0, 0.05) is 5.69 Å². The molecule has 0 aromatic heterocycles. The molecule has 0 saturated carbocycles. The summed E-state index contributed by atoms with van der Waals surface area (Å²) in [6.07, 6.45) is 1.50. The molecule has 8 heteroatoms. The molecule has 0 bridgehead atoms. The van der Waals surface area contributed by atoms with Gasteiger partial charge in [0.15, 0.2) is 16.6 Å². The van der Waals surface area contributed by atoms with Crippen molar-refractivity contribution in [3.8, 4) is 11.5 Å². The summed E-state index contributed by atoms with van der Waals surface area (Å²) >= 11 is 5.08. The van der Waals surface area contributed by atoms with E-state index in [0.717, 1.165) is 0 Å². The molecule has 2 aromatic carbocycles. The van der Waals surface area contributed by atoms with E-state index < -0.39 is 5.97 Å². The first-order chi connectivity index (χ1) is 11.5. The van der Waals surface area contributed by atoms with E-state index in [1.807, 2.05) is 0 Å². The van der Waals surface area contributed by atoms with Gasteiger partial charge in [0.1, 0.15) is 0 Å². The lowest BCUT2D eigenvalue weighted by Crippen LogP contribution is -2.24. The van der Waals surface area contributed by atoms with E-state index in [2.05, 4.69) is 15.8 Å². The number of methoxy groups -OCH3 is 1. The highest BCUT2D eigenvalue weighted by Crippen LogP contribution is 2.25. The Bertz CT molecular complexity index is 793. The summed E-state index contributed by atoms with van der Waals surface area (Å²) in [5.41, 5.74) is 4.01. The highest BCUT2D eigenvalue weighted by atomic mass is 32.1. The molecule has 0 saturated heterocycles. The first-order valence-electron chi connectivity index (χ1n) is 6.80. The second kappa shape index (κ2) is 7.93. The van der Waals surface area contributed by atoms with Crippen LogP contribution in [0.15, 0.2) is 47.6 Å².